The van der Waals surface area contributed by atoms with Gasteiger partial charge in [0.05, 0.1) is 11.3 Å². The quantitative estimate of drug-likeness (QED) is 0.385. The lowest BCUT2D eigenvalue weighted by molar-refractivity contribution is 0.130. The van der Waals surface area contributed by atoms with E-state index in [2.05, 4.69) is 34.1 Å². The molecule has 0 amide bonds. The molecule has 1 aliphatic rings. The molecule has 33 heavy (non-hydrogen) atoms. The zero-order valence-corrected chi connectivity index (χ0v) is 19.4. The third-order valence-corrected chi connectivity index (χ3v) is 6.34. The van der Waals surface area contributed by atoms with Crippen LogP contribution in [0, 0.1) is 19.7 Å². The molecule has 0 N–H and O–H groups in total. The zero-order valence-electron chi connectivity index (χ0n) is 19.4. The Morgan fingerprint density at radius 1 is 1.12 bits per heavy atom. The summed E-state index contributed by atoms with van der Waals surface area (Å²) in [5.74, 6) is 2.36. The van der Waals surface area contributed by atoms with E-state index in [1.165, 1.54) is 6.07 Å². The molecule has 172 valence electrons. The third kappa shape index (κ3) is 4.10. The van der Waals surface area contributed by atoms with Crippen LogP contribution in [0.25, 0.3) is 16.8 Å². The van der Waals surface area contributed by atoms with Gasteiger partial charge in [0.2, 0.25) is 11.8 Å². The fraction of sp³-hybridized carbons (Fsp3) is 0.440. The summed E-state index contributed by atoms with van der Waals surface area (Å²) < 4.78 is 28.2. The van der Waals surface area contributed by atoms with Gasteiger partial charge < -0.3 is 9.26 Å². The highest BCUT2D eigenvalue weighted by Gasteiger charge is 2.28. The molecule has 4 aromatic rings. The lowest BCUT2D eigenvalue weighted by atomic mass is 9.87. The van der Waals surface area contributed by atoms with Gasteiger partial charge in [0.25, 0.3) is 0 Å². The van der Waals surface area contributed by atoms with Gasteiger partial charge in [-0.3, -0.25) is 0 Å². The summed E-state index contributed by atoms with van der Waals surface area (Å²) in [4.78, 5) is 9.06. The Bertz CT molecular complexity index is 1290. The van der Waals surface area contributed by atoms with Gasteiger partial charge in [0.15, 0.2) is 11.5 Å². The molecule has 1 fully saturated rings. The first-order chi connectivity index (χ1) is 15.9. The molecule has 1 aromatic carbocycles. The Morgan fingerprint density at radius 2 is 1.91 bits per heavy atom. The molecule has 1 saturated carbocycles. The van der Waals surface area contributed by atoms with Crippen molar-refractivity contribution in [3.8, 4) is 17.0 Å². The number of nitrogens with zero attached hydrogens (tertiary/aromatic N) is 5. The minimum absolute atomic E-state index is 0.0587. The van der Waals surface area contributed by atoms with E-state index in [0.717, 1.165) is 43.0 Å². The van der Waals surface area contributed by atoms with E-state index in [0.29, 0.717) is 28.3 Å². The maximum atomic E-state index is 14.7. The topological polar surface area (TPSA) is 78.3 Å². The van der Waals surface area contributed by atoms with Crippen LogP contribution in [0.3, 0.4) is 0 Å². The van der Waals surface area contributed by atoms with Gasteiger partial charge in [-0.15, -0.1) is 0 Å². The summed E-state index contributed by atoms with van der Waals surface area (Å²) in [5, 5.41) is 8.73. The molecular weight excluding hydrogens is 421 g/mol. The molecule has 3 aromatic heterocycles. The Balaban J connectivity index is 1.35. The first-order valence-electron chi connectivity index (χ1n) is 11.5. The van der Waals surface area contributed by atoms with E-state index in [4.69, 9.17) is 9.26 Å². The van der Waals surface area contributed by atoms with Crippen molar-refractivity contribution in [2.75, 3.05) is 0 Å². The third-order valence-electron chi connectivity index (χ3n) is 6.34. The summed E-state index contributed by atoms with van der Waals surface area (Å²) in [5.41, 5.74) is 3.37. The first kappa shape index (κ1) is 21.6. The molecule has 0 radical (unpaired) electrons. The van der Waals surface area contributed by atoms with Crippen molar-refractivity contribution < 1.29 is 13.7 Å². The average Bonchev–Trinajstić information content (AvgIpc) is 3.40. The number of halogens is 1. The van der Waals surface area contributed by atoms with Crippen LogP contribution in [0.1, 0.15) is 74.3 Å². The van der Waals surface area contributed by atoms with Gasteiger partial charge in [0.1, 0.15) is 11.9 Å². The number of aryl methyl sites for hydroxylation is 2. The van der Waals surface area contributed by atoms with Crippen LogP contribution in [0.5, 0.6) is 5.88 Å². The molecular formula is C25H28FN5O2. The Morgan fingerprint density at radius 3 is 2.61 bits per heavy atom. The van der Waals surface area contributed by atoms with Crippen molar-refractivity contribution in [2.45, 2.75) is 71.3 Å². The smallest absolute Gasteiger partial charge is 0.229 e. The van der Waals surface area contributed by atoms with Crippen LogP contribution in [-0.2, 0) is 0 Å². The van der Waals surface area contributed by atoms with Crippen molar-refractivity contribution >= 4 is 5.65 Å². The fourth-order valence-electron chi connectivity index (χ4n) is 4.50. The van der Waals surface area contributed by atoms with Crippen LogP contribution < -0.4 is 4.74 Å². The normalized spacial score (nSPS) is 18.8. The molecule has 0 atom stereocenters. The summed E-state index contributed by atoms with van der Waals surface area (Å²) in [6, 6.07) is 7.03. The summed E-state index contributed by atoms with van der Waals surface area (Å²) in [7, 11) is 0. The van der Waals surface area contributed by atoms with Crippen LogP contribution in [0.2, 0.25) is 0 Å². The van der Waals surface area contributed by atoms with Gasteiger partial charge >= 0.3 is 0 Å². The maximum Gasteiger partial charge on any atom is 0.229 e. The highest BCUT2D eigenvalue weighted by Crippen LogP contribution is 2.35. The number of benzene rings is 1. The van der Waals surface area contributed by atoms with Gasteiger partial charge in [-0.05, 0) is 51.2 Å². The Labute approximate surface area is 192 Å². The zero-order chi connectivity index (χ0) is 23.1. The molecule has 0 spiro atoms. The van der Waals surface area contributed by atoms with E-state index in [9.17, 15) is 4.39 Å². The number of hydrogen-bond acceptors (Lipinski definition) is 6. The van der Waals surface area contributed by atoms with Crippen LogP contribution >= 0.6 is 0 Å². The highest BCUT2D eigenvalue weighted by molar-refractivity contribution is 5.80. The molecule has 0 aliphatic heterocycles. The molecule has 0 bridgehead atoms. The summed E-state index contributed by atoms with van der Waals surface area (Å²) in [6.07, 6.45) is 5.37. The van der Waals surface area contributed by atoms with Crippen molar-refractivity contribution in [1.82, 2.24) is 24.7 Å². The molecule has 7 nitrogen and oxygen atoms in total. The minimum Gasteiger partial charge on any atom is -0.474 e. The fourth-order valence-corrected chi connectivity index (χ4v) is 4.50. The van der Waals surface area contributed by atoms with E-state index < -0.39 is 0 Å². The van der Waals surface area contributed by atoms with Crippen molar-refractivity contribution in [3.05, 3.63) is 59.3 Å². The highest BCUT2D eigenvalue weighted by atomic mass is 19.1. The summed E-state index contributed by atoms with van der Waals surface area (Å²) >= 11 is 0. The predicted molar refractivity (Wildman–Crippen MR) is 122 cm³/mol. The van der Waals surface area contributed by atoms with E-state index in [1.807, 2.05) is 26.0 Å². The number of aromatic nitrogens is 5. The second-order valence-corrected chi connectivity index (χ2v) is 9.20. The summed E-state index contributed by atoms with van der Waals surface area (Å²) in [6.45, 7) is 7.86. The van der Waals surface area contributed by atoms with E-state index in [-0.39, 0.29) is 23.8 Å². The standard InChI is InChI=1S/C25H28FN5O2/c1-14(2)23-28-25(33-30-23)17-6-8-18(9-7-17)32-21-11-12-27-24-22(16(4)29-31(21)24)19-10-5-15(3)13-20(19)26/h5,10-14,17-18H,6-9H2,1-4H3. The SMILES string of the molecule is Cc1ccc(-c2c(C)nn3c(OC4CCC(c5nc(C(C)C)no5)CC4)ccnc23)c(F)c1. The molecule has 1 aliphatic carbocycles. The second kappa shape index (κ2) is 8.57. The number of fused-ring (bicyclic) bond motifs is 1. The maximum absolute atomic E-state index is 14.7. The molecule has 3 heterocycles. The van der Waals surface area contributed by atoms with Crippen molar-refractivity contribution in [1.29, 1.82) is 0 Å². The predicted octanol–water partition coefficient (Wildman–Crippen LogP) is 5.76. The largest absolute Gasteiger partial charge is 0.474 e. The van der Waals surface area contributed by atoms with Crippen molar-refractivity contribution in [2.24, 2.45) is 0 Å². The number of hydrogen-bond donors (Lipinski definition) is 0. The van der Waals surface area contributed by atoms with Crippen LogP contribution in [0.4, 0.5) is 4.39 Å². The minimum atomic E-state index is -0.277. The van der Waals surface area contributed by atoms with Gasteiger partial charge in [-0.2, -0.15) is 14.6 Å². The lowest BCUT2D eigenvalue weighted by Gasteiger charge is -2.27. The first-order valence-corrected chi connectivity index (χ1v) is 11.5. The lowest BCUT2D eigenvalue weighted by Crippen LogP contribution is -2.24. The van der Waals surface area contributed by atoms with Crippen molar-refractivity contribution in [3.63, 3.8) is 0 Å². The molecule has 5 rings (SSSR count). The molecule has 0 saturated heterocycles. The molecule has 8 heteroatoms. The monoisotopic (exact) mass is 449 g/mol. The van der Waals surface area contributed by atoms with Gasteiger partial charge in [-0.1, -0.05) is 31.1 Å². The Hall–Kier alpha value is -3.29. The number of rotatable bonds is 5. The number of ether oxygens (including phenoxy) is 1. The van der Waals surface area contributed by atoms with E-state index in [1.54, 1.807) is 16.8 Å². The van der Waals surface area contributed by atoms with Crippen LogP contribution in [-0.4, -0.2) is 30.8 Å². The average molecular weight is 450 g/mol. The molecule has 0 unspecified atom stereocenters. The van der Waals surface area contributed by atoms with E-state index >= 15 is 0 Å². The Kier molecular flexibility index (Phi) is 5.60. The van der Waals surface area contributed by atoms with Crippen LogP contribution in [0.15, 0.2) is 35.0 Å². The second-order valence-electron chi connectivity index (χ2n) is 9.20. The van der Waals surface area contributed by atoms with Gasteiger partial charge in [-0.25, -0.2) is 9.37 Å². The van der Waals surface area contributed by atoms with Gasteiger partial charge in [0, 0.05) is 29.7 Å².